The molecule has 1 fully saturated rings. The first kappa shape index (κ1) is 15.4. The van der Waals surface area contributed by atoms with Crippen molar-refractivity contribution in [2.75, 3.05) is 36.4 Å². The van der Waals surface area contributed by atoms with Crippen molar-refractivity contribution < 1.29 is 9.32 Å². The normalized spacial score (nSPS) is 17.0. The molecular formula is C15H20N6O2. The van der Waals surface area contributed by atoms with Gasteiger partial charge >= 0.3 is 0 Å². The number of piperazine rings is 1. The van der Waals surface area contributed by atoms with E-state index in [-0.39, 0.29) is 11.9 Å². The zero-order valence-corrected chi connectivity index (χ0v) is 13.3. The predicted octanol–water partition coefficient (Wildman–Crippen LogP) is 0.922. The van der Waals surface area contributed by atoms with Gasteiger partial charge in [0.25, 0.3) is 0 Å². The van der Waals surface area contributed by atoms with Crippen molar-refractivity contribution in [1.29, 1.82) is 0 Å². The summed E-state index contributed by atoms with van der Waals surface area (Å²) in [5.74, 6) is 1.78. The van der Waals surface area contributed by atoms with E-state index in [1.54, 1.807) is 31.5 Å². The maximum atomic E-state index is 12.3. The molecule has 0 bridgehead atoms. The number of hydrogen-bond acceptors (Lipinski definition) is 7. The maximum Gasteiger partial charge on any atom is 0.242 e. The Labute approximate surface area is 134 Å². The van der Waals surface area contributed by atoms with Crippen molar-refractivity contribution in [1.82, 2.24) is 20.0 Å². The number of aryl methyl sites for hydroxylation is 1. The molecular weight excluding hydrogens is 296 g/mol. The molecule has 1 saturated heterocycles. The summed E-state index contributed by atoms with van der Waals surface area (Å²) >= 11 is 0. The van der Waals surface area contributed by atoms with Crippen molar-refractivity contribution >= 4 is 17.7 Å². The zero-order chi connectivity index (χ0) is 16.2. The molecule has 1 aliphatic heterocycles. The minimum atomic E-state index is -0.231. The van der Waals surface area contributed by atoms with Gasteiger partial charge in [-0.15, -0.1) is 0 Å². The lowest BCUT2D eigenvalue weighted by Gasteiger charge is -2.37. The second-order valence-electron chi connectivity index (χ2n) is 5.56. The van der Waals surface area contributed by atoms with E-state index in [1.165, 1.54) is 0 Å². The van der Waals surface area contributed by atoms with Gasteiger partial charge in [0.2, 0.25) is 11.9 Å². The fourth-order valence-corrected chi connectivity index (χ4v) is 2.59. The molecule has 23 heavy (non-hydrogen) atoms. The van der Waals surface area contributed by atoms with Gasteiger partial charge in [0.05, 0.1) is 6.04 Å². The van der Waals surface area contributed by atoms with Crippen LogP contribution in [0.3, 0.4) is 0 Å². The second-order valence-corrected chi connectivity index (χ2v) is 5.56. The number of nitrogens with one attached hydrogen (secondary N) is 1. The number of rotatable bonds is 4. The molecule has 1 amide bonds. The average molecular weight is 316 g/mol. The van der Waals surface area contributed by atoms with Gasteiger partial charge in [0.15, 0.2) is 5.82 Å². The molecule has 0 aliphatic carbocycles. The Hall–Kier alpha value is -2.48. The largest absolute Gasteiger partial charge is 0.360 e. The summed E-state index contributed by atoms with van der Waals surface area (Å²) in [7, 11) is 0. The number of nitrogens with zero attached hydrogens (tertiary/aromatic N) is 5. The van der Waals surface area contributed by atoms with Crippen LogP contribution in [-0.4, -0.2) is 58.2 Å². The molecule has 1 N–H and O–H groups in total. The van der Waals surface area contributed by atoms with Crippen LogP contribution < -0.4 is 10.2 Å². The summed E-state index contributed by atoms with van der Waals surface area (Å²) in [6.45, 7) is 6.85. The molecule has 1 atom stereocenters. The smallest absolute Gasteiger partial charge is 0.242 e. The molecule has 0 radical (unpaired) electrons. The molecule has 3 heterocycles. The predicted molar refractivity (Wildman–Crippen MR) is 85.1 cm³/mol. The highest BCUT2D eigenvalue weighted by atomic mass is 16.5. The summed E-state index contributed by atoms with van der Waals surface area (Å²) < 4.78 is 4.95. The van der Waals surface area contributed by atoms with E-state index in [0.29, 0.717) is 11.6 Å². The Morgan fingerprint density at radius 2 is 1.96 bits per heavy atom. The minimum Gasteiger partial charge on any atom is -0.360 e. The third kappa shape index (κ3) is 3.65. The van der Waals surface area contributed by atoms with Crippen molar-refractivity contribution in [2.45, 2.75) is 19.9 Å². The van der Waals surface area contributed by atoms with Crippen LogP contribution in [-0.2, 0) is 4.79 Å². The van der Waals surface area contributed by atoms with Crippen LogP contribution >= 0.6 is 0 Å². The van der Waals surface area contributed by atoms with E-state index in [4.69, 9.17) is 4.52 Å². The number of anilines is 2. The first-order valence-corrected chi connectivity index (χ1v) is 7.63. The first-order chi connectivity index (χ1) is 11.1. The second kappa shape index (κ2) is 6.74. The van der Waals surface area contributed by atoms with E-state index >= 15 is 0 Å². The molecule has 0 spiro atoms. The molecule has 0 aromatic carbocycles. The van der Waals surface area contributed by atoms with Crippen molar-refractivity contribution in [3.05, 3.63) is 30.3 Å². The van der Waals surface area contributed by atoms with Crippen LogP contribution in [0, 0.1) is 6.92 Å². The monoisotopic (exact) mass is 316 g/mol. The van der Waals surface area contributed by atoms with E-state index in [1.807, 2.05) is 6.92 Å². The van der Waals surface area contributed by atoms with E-state index in [2.05, 4.69) is 30.2 Å². The lowest BCUT2D eigenvalue weighted by atomic mass is 10.2. The molecule has 1 aliphatic rings. The number of carbonyl (C=O) groups is 1. The summed E-state index contributed by atoms with van der Waals surface area (Å²) in [6, 6.07) is 3.28. The van der Waals surface area contributed by atoms with Crippen LogP contribution in [0.1, 0.15) is 12.7 Å². The lowest BCUT2D eigenvalue weighted by molar-refractivity contribution is -0.120. The topological polar surface area (TPSA) is 87.4 Å². The Balaban J connectivity index is 1.53. The summed E-state index contributed by atoms with van der Waals surface area (Å²) in [5.41, 5.74) is 0. The summed E-state index contributed by atoms with van der Waals surface area (Å²) in [6.07, 6.45) is 3.48. The van der Waals surface area contributed by atoms with Gasteiger partial charge in [-0.3, -0.25) is 9.69 Å². The highest BCUT2D eigenvalue weighted by Crippen LogP contribution is 2.13. The highest BCUT2D eigenvalue weighted by molar-refractivity contribution is 5.93. The van der Waals surface area contributed by atoms with Gasteiger partial charge < -0.3 is 14.7 Å². The van der Waals surface area contributed by atoms with Crippen LogP contribution in [0.4, 0.5) is 11.8 Å². The van der Waals surface area contributed by atoms with Gasteiger partial charge in [0, 0.05) is 44.6 Å². The zero-order valence-electron chi connectivity index (χ0n) is 13.3. The van der Waals surface area contributed by atoms with Gasteiger partial charge in [-0.05, 0) is 19.9 Å². The van der Waals surface area contributed by atoms with Gasteiger partial charge in [-0.2, -0.15) is 0 Å². The highest BCUT2D eigenvalue weighted by Gasteiger charge is 2.26. The molecule has 8 nitrogen and oxygen atoms in total. The number of carbonyl (C=O) groups excluding carboxylic acids is 1. The molecule has 0 saturated carbocycles. The fourth-order valence-electron chi connectivity index (χ4n) is 2.59. The van der Waals surface area contributed by atoms with Crippen molar-refractivity contribution in [3.63, 3.8) is 0 Å². The first-order valence-electron chi connectivity index (χ1n) is 7.63. The molecule has 3 rings (SSSR count). The Bertz CT molecular complexity index is 651. The average Bonchev–Trinajstić information content (AvgIpc) is 3.00. The molecule has 2 aromatic heterocycles. The number of hydrogen-bond donors (Lipinski definition) is 1. The third-order valence-electron chi connectivity index (χ3n) is 3.96. The number of amides is 1. The lowest BCUT2D eigenvalue weighted by Crippen LogP contribution is -2.53. The summed E-state index contributed by atoms with van der Waals surface area (Å²) in [5, 5.41) is 6.56. The molecule has 1 unspecified atom stereocenters. The maximum absolute atomic E-state index is 12.3. The van der Waals surface area contributed by atoms with Gasteiger partial charge in [0.1, 0.15) is 5.76 Å². The van der Waals surface area contributed by atoms with Crippen molar-refractivity contribution in [2.24, 2.45) is 0 Å². The van der Waals surface area contributed by atoms with Crippen LogP contribution in [0.25, 0.3) is 0 Å². The number of aromatic nitrogens is 3. The quantitative estimate of drug-likeness (QED) is 0.897. The van der Waals surface area contributed by atoms with Gasteiger partial charge in [-0.25, -0.2) is 9.97 Å². The summed E-state index contributed by atoms with van der Waals surface area (Å²) in [4.78, 5) is 25.1. The van der Waals surface area contributed by atoms with E-state index in [0.717, 1.165) is 32.1 Å². The Morgan fingerprint density at radius 1 is 1.26 bits per heavy atom. The molecule has 2 aromatic rings. The van der Waals surface area contributed by atoms with Gasteiger partial charge in [-0.1, -0.05) is 5.16 Å². The molecule has 8 heteroatoms. The Kier molecular flexibility index (Phi) is 4.52. The third-order valence-corrected chi connectivity index (χ3v) is 3.96. The standard InChI is InChI=1S/C15H20N6O2/c1-11-10-13(19-23-11)18-14(22)12(2)20-6-8-21(9-7-20)15-16-4-3-5-17-15/h3-5,10,12H,6-9H2,1-2H3,(H,18,19,22). The fraction of sp³-hybridized carbons (Fsp3) is 0.467. The van der Waals surface area contributed by atoms with Crippen molar-refractivity contribution in [3.8, 4) is 0 Å². The Morgan fingerprint density at radius 3 is 2.57 bits per heavy atom. The SMILES string of the molecule is Cc1cc(NC(=O)C(C)N2CCN(c3ncccn3)CC2)no1. The van der Waals surface area contributed by atoms with Crippen LogP contribution in [0.2, 0.25) is 0 Å². The molecule has 122 valence electrons. The van der Waals surface area contributed by atoms with E-state index < -0.39 is 0 Å². The van der Waals surface area contributed by atoms with Crippen LogP contribution in [0.5, 0.6) is 0 Å². The van der Waals surface area contributed by atoms with E-state index in [9.17, 15) is 4.79 Å². The van der Waals surface area contributed by atoms with Crippen LogP contribution in [0.15, 0.2) is 29.0 Å². The minimum absolute atomic E-state index is 0.0808.